The summed E-state index contributed by atoms with van der Waals surface area (Å²) < 4.78 is 34.8. The van der Waals surface area contributed by atoms with Gasteiger partial charge in [0.1, 0.15) is 0 Å². The van der Waals surface area contributed by atoms with Gasteiger partial charge in [-0.2, -0.15) is 8.42 Å². The van der Waals surface area contributed by atoms with Gasteiger partial charge < -0.3 is 4.74 Å². The molecule has 0 bridgehead atoms. The van der Waals surface area contributed by atoms with Gasteiger partial charge in [-0.05, 0) is 13.3 Å². The molecule has 1 rings (SSSR count). The Kier molecular flexibility index (Phi) is 12.2. The van der Waals surface area contributed by atoms with Crippen LogP contribution in [0.25, 0.3) is 0 Å². The Balaban J connectivity index is 0. The van der Waals surface area contributed by atoms with Gasteiger partial charge in [-0.1, -0.05) is 0 Å². The first-order chi connectivity index (χ1) is 6.49. The number of nitrogens with zero attached hydrogens (tertiary/aromatic N) is 1. The zero-order valence-electron chi connectivity index (χ0n) is 8.35. The molecule has 88 valence electrons. The van der Waals surface area contributed by atoms with Crippen LogP contribution in [0.2, 0.25) is 0 Å². The van der Waals surface area contributed by atoms with Crippen molar-refractivity contribution in [2.24, 2.45) is 0 Å². The predicted molar refractivity (Wildman–Crippen MR) is 67.2 cm³/mol. The molecule has 0 amide bonds. The fourth-order valence-corrected chi connectivity index (χ4v) is 2.16. The first kappa shape index (κ1) is 20.2. The van der Waals surface area contributed by atoms with Crippen molar-refractivity contribution in [2.45, 2.75) is 19.4 Å². The first-order valence-corrected chi connectivity index (χ1v) is 6.37. The molecule has 16 heavy (non-hydrogen) atoms. The summed E-state index contributed by atoms with van der Waals surface area (Å²) >= 11 is 0. The van der Waals surface area contributed by atoms with Crippen LogP contribution in [0.1, 0.15) is 13.3 Å². The third-order valence-electron chi connectivity index (χ3n) is 2.46. The van der Waals surface area contributed by atoms with Crippen LogP contribution in [0.4, 0.5) is 0 Å². The Morgan fingerprint density at radius 3 is 2.25 bits per heavy atom. The third kappa shape index (κ3) is 8.85. The van der Waals surface area contributed by atoms with Crippen LogP contribution >= 0.6 is 0 Å². The minimum atomic E-state index is -3.82. The number of morpholine rings is 1. The van der Waals surface area contributed by atoms with Crippen molar-refractivity contribution in [2.75, 3.05) is 32.1 Å². The summed E-state index contributed by atoms with van der Waals surface area (Å²) in [6.07, 6.45) is 0.471. The Bertz CT molecular complexity index is 267. The van der Waals surface area contributed by atoms with Gasteiger partial charge in [-0.3, -0.25) is 9.45 Å². The van der Waals surface area contributed by atoms with Crippen molar-refractivity contribution in [3.05, 3.63) is 0 Å². The number of ether oxygens (including phenoxy) is 1. The summed E-state index contributed by atoms with van der Waals surface area (Å²) in [6, 6.07) is 0.181. The average molecular weight is 271 g/mol. The van der Waals surface area contributed by atoms with E-state index in [-0.39, 0.29) is 70.9 Å². The number of hydrogen-bond acceptors (Lipinski definition) is 4. The monoisotopic (exact) mass is 271 g/mol. The van der Waals surface area contributed by atoms with Crippen LogP contribution < -0.4 is 0 Å². The molecule has 0 aromatic rings. The molecule has 1 atom stereocenters. The van der Waals surface area contributed by atoms with Gasteiger partial charge in [-0.25, -0.2) is 0 Å². The Morgan fingerprint density at radius 1 is 1.31 bits per heavy atom. The second kappa shape index (κ2) is 9.72. The molecule has 0 spiro atoms. The van der Waals surface area contributed by atoms with E-state index in [0.717, 1.165) is 13.1 Å². The molecule has 1 heterocycles. The zero-order chi connectivity index (χ0) is 10.6. The van der Waals surface area contributed by atoms with Gasteiger partial charge >= 0.3 is 59.1 Å². The molecule has 5 nitrogen and oxygen atoms in total. The van der Waals surface area contributed by atoms with Gasteiger partial charge in [0.05, 0.1) is 19.0 Å². The van der Waals surface area contributed by atoms with Gasteiger partial charge in [0.15, 0.2) is 0 Å². The van der Waals surface area contributed by atoms with E-state index >= 15 is 0 Å². The topological polar surface area (TPSA) is 66.8 Å². The summed E-state index contributed by atoms with van der Waals surface area (Å²) in [5.74, 6) is -0.161. The molecule has 1 saturated heterocycles. The molecule has 1 aliphatic heterocycles. The van der Waals surface area contributed by atoms with Gasteiger partial charge in [0.2, 0.25) is 0 Å². The molecule has 8 heteroatoms. The SMILES string of the molecule is CC(CCS(=O)(=O)O)N1CCOCC1.[NaH].[NaH]. The number of hydrogen-bond donors (Lipinski definition) is 1. The average Bonchev–Trinajstić information content (AvgIpc) is 2.14. The normalized spacial score (nSPS) is 19.4. The molecule has 0 aromatic carbocycles. The molecule has 1 fully saturated rings. The molecular weight excluding hydrogens is 252 g/mol. The Hall–Kier alpha value is 1.83. The van der Waals surface area contributed by atoms with Crippen molar-refractivity contribution in [1.29, 1.82) is 0 Å². The van der Waals surface area contributed by atoms with E-state index in [1.807, 2.05) is 6.92 Å². The first-order valence-electron chi connectivity index (χ1n) is 4.76. The number of rotatable bonds is 4. The Morgan fingerprint density at radius 2 is 1.81 bits per heavy atom. The van der Waals surface area contributed by atoms with E-state index in [1.54, 1.807) is 0 Å². The van der Waals surface area contributed by atoms with Crippen molar-refractivity contribution < 1.29 is 17.7 Å². The van der Waals surface area contributed by atoms with Crippen molar-refractivity contribution in [1.82, 2.24) is 4.90 Å². The van der Waals surface area contributed by atoms with Crippen LogP contribution in [-0.4, -0.2) is 115 Å². The van der Waals surface area contributed by atoms with Crippen LogP contribution in [-0.2, 0) is 14.9 Å². The summed E-state index contributed by atoms with van der Waals surface area (Å²) in [5.41, 5.74) is 0. The fourth-order valence-electron chi connectivity index (χ4n) is 1.52. The van der Waals surface area contributed by atoms with Gasteiger partial charge in [-0.15, -0.1) is 0 Å². The van der Waals surface area contributed by atoms with Crippen LogP contribution in [0.3, 0.4) is 0 Å². The van der Waals surface area contributed by atoms with Crippen molar-refractivity contribution in [3.63, 3.8) is 0 Å². The van der Waals surface area contributed by atoms with Crippen LogP contribution in [0, 0.1) is 0 Å². The van der Waals surface area contributed by atoms with E-state index in [4.69, 9.17) is 9.29 Å². The van der Waals surface area contributed by atoms with Gasteiger partial charge in [0.25, 0.3) is 10.1 Å². The summed E-state index contributed by atoms with van der Waals surface area (Å²) in [5, 5.41) is 0. The second-order valence-corrected chi connectivity index (χ2v) is 5.14. The van der Waals surface area contributed by atoms with Crippen LogP contribution in [0.15, 0.2) is 0 Å². The maximum atomic E-state index is 10.5. The quantitative estimate of drug-likeness (QED) is 0.508. The molecule has 0 radical (unpaired) electrons. The maximum absolute atomic E-state index is 10.5. The van der Waals surface area contributed by atoms with Crippen molar-refractivity contribution in [3.8, 4) is 0 Å². The summed E-state index contributed by atoms with van der Waals surface area (Å²) in [4.78, 5) is 2.18. The molecule has 0 saturated carbocycles. The second-order valence-electron chi connectivity index (χ2n) is 3.57. The Labute approximate surface area is 142 Å². The standard InChI is InChI=1S/C8H17NO4S.2Na.2H/c1-8(2-7-14(10,11)12)9-3-5-13-6-4-9;;;;/h8H,2-7H2,1H3,(H,10,11,12);;;;. The van der Waals surface area contributed by atoms with E-state index in [9.17, 15) is 8.42 Å². The minimum absolute atomic E-state index is 0. The summed E-state index contributed by atoms with van der Waals surface area (Å²) in [7, 11) is -3.82. The van der Waals surface area contributed by atoms with Gasteiger partial charge in [0, 0.05) is 19.1 Å². The zero-order valence-corrected chi connectivity index (χ0v) is 9.16. The molecule has 0 aromatic heterocycles. The molecule has 1 aliphatic rings. The van der Waals surface area contributed by atoms with Crippen molar-refractivity contribution >= 4 is 69.2 Å². The third-order valence-corrected chi connectivity index (χ3v) is 3.21. The van der Waals surface area contributed by atoms with E-state index in [2.05, 4.69) is 4.90 Å². The molecule has 0 aliphatic carbocycles. The predicted octanol–water partition coefficient (Wildman–Crippen LogP) is -1.31. The molecule has 1 N–H and O–H groups in total. The van der Waals surface area contributed by atoms with E-state index in [0.29, 0.717) is 19.6 Å². The van der Waals surface area contributed by atoms with E-state index in [1.165, 1.54) is 0 Å². The van der Waals surface area contributed by atoms with E-state index < -0.39 is 10.1 Å². The fraction of sp³-hybridized carbons (Fsp3) is 1.00. The molecular formula is C8H19NNa2O4S. The summed E-state index contributed by atoms with van der Waals surface area (Å²) in [6.45, 7) is 5.06. The molecule has 1 unspecified atom stereocenters. The van der Waals surface area contributed by atoms with Crippen LogP contribution in [0.5, 0.6) is 0 Å².